The predicted octanol–water partition coefficient (Wildman–Crippen LogP) is 0.969. The highest BCUT2D eigenvalue weighted by molar-refractivity contribution is 5.44. The average Bonchev–Trinajstić information content (AvgIpc) is 2.25. The molecule has 0 spiro atoms. The minimum Gasteiger partial charge on any atom is -0.394 e. The lowest BCUT2D eigenvalue weighted by Gasteiger charge is -2.21. The molecule has 0 bridgehead atoms. The van der Waals surface area contributed by atoms with E-state index in [-0.39, 0.29) is 12.6 Å². The second-order valence-electron chi connectivity index (χ2n) is 3.89. The summed E-state index contributed by atoms with van der Waals surface area (Å²) in [5, 5.41) is 12.4. The molecule has 0 saturated heterocycles. The zero-order chi connectivity index (χ0) is 11.3. The maximum absolute atomic E-state index is 9.20. The van der Waals surface area contributed by atoms with Crippen LogP contribution in [-0.4, -0.2) is 22.7 Å². The molecule has 84 valence electrons. The first-order valence-corrected chi connectivity index (χ1v) is 5.20. The molecule has 0 aliphatic rings. The quantitative estimate of drug-likeness (QED) is 0.675. The fourth-order valence-electron chi connectivity index (χ4n) is 1.33. The van der Waals surface area contributed by atoms with Gasteiger partial charge in [0, 0.05) is 18.3 Å². The van der Waals surface area contributed by atoms with Crippen LogP contribution in [-0.2, 0) is 6.54 Å². The van der Waals surface area contributed by atoms with Gasteiger partial charge in [-0.3, -0.25) is 0 Å². The Balaban J connectivity index is 2.78. The zero-order valence-corrected chi connectivity index (χ0v) is 9.27. The third-order valence-corrected chi connectivity index (χ3v) is 2.43. The van der Waals surface area contributed by atoms with Gasteiger partial charge in [0.25, 0.3) is 0 Å². The van der Waals surface area contributed by atoms with Crippen LogP contribution in [0.2, 0.25) is 0 Å². The number of nitrogens with zero attached hydrogens (tertiary/aromatic N) is 1. The molecule has 1 atom stereocenters. The molecule has 4 nitrogen and oxygen atoms in total. The molecule has 15 heavy (non-hydrogen) atoms. The molecule has 0 aliphatic carbocycles. The van der Waals surface area contributed by atoms with E-state index in [2.05, 4.69) is 24.1 Å². The summed E-state index contributed by atoms with van der Waals surface area (Å²) in [6.07, 6.45) is 1.72. The fourth-order valence-corrected chi connectivity index (χ4v) is 1.33. The minimum absolute atomic E-state index is 0.0187. The number of aliphatic hydroxyl groups excluding tert-OH is 1. The van der Waals surface area contributed by atoms with Crippen LogP contribution in [0.4, 0.5) is 5.82 Å². The van der Waals surface area contributed by atoms with E-state index < -0.39 is 0 Å². The van der Waals surface area contributed by atoms with Crippen molar-refractivity contribution in [2.75, 3.05) is 11.9 Å². The van der Waals surface area contributed by atoms with E-state index in [1.54, 1.807) is 6.20 Å². The number of nitrogens with two attached hydrogens (primary N) is 1. The molecule has 4 heteroatoms. The van der Waals surface area contributed by atoms with Gasteiger partial charge in [-0.05, 0) is 12.0 Å². The summed E-state index contributed by atoms with van der Waals surface area (Å²) in [4.78, 5) is 4.22. The van der Waals surface area contributed by atoms with E-state index in [1.807, 2.05) is 12.1 Å². The van der Waals surface area contributed by atoms with Crippen molar-refractivity contribution in [3.05, 3.63) is 23.9 Å². The van der Waals surface area contributed by atoms with Gasteiger partial charge in [-0.25, -0.2) is 4.98 Å². The second kappa shape index (κ2) is 5.68. The monoisotopic (exact) mass is 209 g/mol. The van der Waals surface area contributed by atoms with Crippen LogP contribution in [0.3, 0.4) is 0 Å². The van der Waals surface area contributed by atoms with Crippen molar-refractivity contribution in [3.63, 3.8) is 0 Å². The molecular formula is C11H19N3O. The molecule has 1 rings (SSSR count). The maximum atomic E-state index is 9.20. The summed E-state index contributed by atoms with van der Waals surface area (Å²) in [6, 6.07) is 3.81. The van der Waals surface area contributed by atoms with Gasteiger partial charge in [0.2, 0.25) is 0 Å². The van der Waals surface area contributed by atoms with Crippen molar-refractivity contribution in [3.8, 4) is 0 Å². The summed E-state index contributed by atoms with van der Waals surface area (Å²) in [5.41, 5.74) is 6.57. The van der Waals surface area contributed by atoms with Gasteiger partial charge in [0.05, 0.1) is 12.6 Å². The van der Waals surface area contributed by atoms with Crippen LogP contribution in [0.15, 0.2) is 18.3 Å². The van der Waals surface area contributed by atoms with E-state index in [0.717, 1.165) is 11.4 Å². The standard InChI is InChI=1S/C11H19N3O/c1-8(2)10(7-15)14-11-9(6-12)4-3-5-13-11/h3-5,8,10,15H,6-7,12H2,1-2H3,(H,13,14). The van der Waals surface area contributed by atoms with E-state index in [1.165, 1.54) is 0 Å². The summed E-state index contributed by atoms with van der Waals surface area (Å²) < 4.78 is 0. The Hall–Kier alpha value is -1.13. The van der Waals surface area contributed by atoms with Gasteiger partial charge >= 0.3 is 0 Å². The van der Waals surface area contributed by atoms with Crippen molar-refractivity contribution in [2.24, 2.45) is 11.7 Å². The summed E-state index contributed by atoms with van der Waals surface area (Å²) in [7, 11) is 0. The fraction of sp³-hybridized carbons (Fsp3) is 0.545. The number of hydrogen-bond donors (Lipinski definition) is 3. The molecule has 0 amide bonds. The predicted molar refractivity (Wildman–Crippen MR) is 61.5 cm³/mol. The molecule has 1 aromatic heterocycles. The van der Waals surface area contributed by atoms with Gasteiger partial charge < -0.3 is 16.2 Å². The average molecular weight is 209 g/mol. The van der Waals surface area contributed by atoms with Crippen LogP contribution >= 0.6 is 0 Å². The molecular weight excluding hydrogens is 190 g/mol. The number of rotatable bonds is 5. The largest absolute Gasteiger partial charge is 0.394 e. The lowest BCUT2D eigenvalue weighted by atomic mass is 10.1. The van der Waals surface area contributed by atoms with Crippen LogP contribution in [0.5, 0.6) is 0 Å². The van der Waals surface area contributed by atoms with Crippen molar-refractivity contribution >= 4 is 5.82 Å². The normalized spacial score (nSPS) is 12.9. The van der Waals surface area contributed by atoms with E-state index in [9.17, 15) is 5.11 Å². The Morgan fingerprint density at radius 2 is 2.27 bits per heavy atom. The number of aliphatic hydroxyl groups is 1. The lowest BCUT2D eigenvalue weighted by Crippen LogP contribution is -2.30. The molecule has 0 fully saturated rings. The van der Waals surface area contributed by atoms with Crippen molar-refractivity contribution < 1.29 is 5.11 Å². The summed E-state index contributed by atoms with van der Waals surface area (Å²) in [5.74, 6) is 1.12. The van der Waals surface area contributed by atoms with Crippen LogP contribution < -0.4 is 11.1 Å². The third-order valence-electron chi connectivity index (χ3n) is 2.43. The van der Waals surface area contributed by atoms with Crippen LogP contribution in [0.1, 0.15) is 19.4 Å². The SMILES string of the molecule is CC(C)C(CO)Nc1ncccc1CN. The molecule has 1 heterocycles. The van der Waals surface area contributed by atoms with Gasteiger partial charge in [-0.1, -0.05) is 19.9 Å². The Bertz CT molecular complexity index is 302. The van der Waals surface area contributed by atoms with E-state index in [4.69, 9.17) is 5.73 Å². The number of aromatic nitrogens is 1. The molecule has 0 radical (unpaired) electrons. The molecule has 0 saturated carbocycles. The highest BCUT2D eigenvalue weighted by Gasteiger charge is 2.13. The number of pyridine rings is 1. The topological polar surface area (TPSA) is 71.2 Å². The molecule has 0 aliphatic heterocycles. The van der Waals surface area contributed by atoms with Crippen molar-refractivity contribution in [1.29, 1.82) is 0 Å². The Kier molecular flexibility index (Phi) is 4.52. The van der Waals surface area contributed by atoms with Crippen molar-refractivity contribution in [2.45, 2.75) is 26.4 Å². The highest BCUT2D eigenvalue weighted by Crippen LogP contribution is 2.14. The summed E-state index contributed by atoms with van der Waals surface area (Å²) >= 11 is 0. The molecule has 4 N–H and O–H groups in total. The zero-order valence-electron chi connectivity index (χ0n) is 9.27. The second-order valence-corrected chi connectivity index (χ2v) is 3.89. The number of anilines is 1. The first-order chi connectivity index (χ1) is 7.19. The number of hydrogen-bond acceptors (Lipinski definition) is 4. The Morgan fingerprint density at radius 3 is 2.80 bits per heavy atom. The molecule has 1 unspecified atom stereocenters. The highest BCUT2D eigenvalue weighted by atomic mass is 16.3. The van der Waals surface area contributed by atoms with Crippen LogP contribution in [0.25, 0.3) is 0 Å². The smallest absolute Gasteiger partial charge is 0.130 e. The maximum Gasteiger partial charge on any atom is 0.130 e. The summed E-state index contributed by atoms with van der Waals surface area (Å²) in [6.45, 7) is 4.66. The molecule has 0 aromatic carbocycles. The van der Waals surface area contributed by atoms with Crippen LogP contribution in [0, 0.1) is 5.92 Å². The first-order valence-electron chi connectivity index (χ1n) is 5.20. The van der Waals surface area contributed by atoms with E-state index >= 15 is 0 Å². The van der Waals surface area contributed by atoms with Gasteiger partial charge in [-0.15, -0.1) is 0 Å². The van der Waals surface area contributed by atoms with Gasteiger partial charge in [0.1, 0.15) is 5.82 Å². The minimum atomic E-state index is 0.0187. The number of nitrogens with one attached hydrogen (secondary N) is 1. The molecule has 1 aromatic rings. The Labute approximate surface area is 90.5 Å². The van der Waals surface area contributed by atoms with Gasteiger partial charge in [-0.2, -0.15) is 0 Å². The first kappa shape index (κ1) is 11.9. The van der Waals surface area contributed by atoms with E-state index in [0.29, 0.717) is 12.5 Å². The lowest BCUT2D eigenvalue weighted by molar-refractivity contribution is 0.249. The third kappa shape index (κ3) is 3.18. The van der Waals surface area contributed by atoms with Crippen molar-refractivity contribution in [1.82, 2.24) is 4.98 Å². The van der Waals surface area contributed by atoms with Gasteiger partial charge in [0.15, 0.2) is 0 Å². The Morgan fingerprint density at radius 1 is 1.53 bits per heavy atom.